The highest BCUT2D eigenvalue weighted by Gasteiger charge is 2.27. The first-order chi connectivity index (χ1) is 15.4. The number of hydrogen-bond donors (Lipinski definition) is 2. The number of nitrogens with one attached hydrogen (secondary N) is 2. The second kappa shape index (κ2) is 10.7. The Morgan fingerprint density at radius 1 is 0.875 bits per heavy atom. The van der Waals surface area contributed by atoms with Crippen LogP contribution >= 0.6 is 0 Å². The van der Waals surface area contributed by atoms with Gasteiger partial charge in [-0.25, -0.2) is 0 Å². The number of amides is 2. The van der Waals surface area contributed by atoms with Gasteiger partial charge in [-0.3, -0.25) is 14.5 Å². The molecule has 0 aromatic heterocycles. The predicted molar refractivity (Wildman–Crippen MR) is 131 cm³/mol. The normalized spacial score (nSPS) is 11.8. The fourth-order valence-electron chi connectivity index (χ4n) is 3.77. The number of hydrogen-bond acceptors (Lipinski definition) is 3. The number of anilines is 2. The highest BCUT2D eigenvalue weighted by atomic mass is 16.2. The molecule has 0 aliphatic carbocycles. The maximum Gasteiger partial charge on any atom is 0.246 e. The lowest BCUT2D eigenvalue weighted by molar-refractivity contribution is -0.123. The fourth-order valence-corrected chi connectivity index (χ4v) is 3.77. The summed E-state index contributed by atoms with van der Waals surface area (Å²) in [4.78, 5) is 28.0. The molecule has 3 aromatic rings. The van der Waals surface area contributed by atoms with Crippen molar-refractivity contribution in [2.24, 2.45) is 0 Å². The molecule has 2 amide bonds. The Morgan fingerprint density at radius 3 is 2.28 bits per heavy atom. The first kappa shape index (κ1) is 23.2. The molecule has 5 heteroatoms. The van der Waals surface area contributed by atoms with Crippen molar-refractivity contribution < 1.29 is 9.59 Å². The average Bonchev–Trinajstić information content (AvgIpc) is 2.77. The largest absolute Gasteiger partial charge is 0.325 e. The lowest BCUT2D eigenvalue weighted by atomic mass is 10.0. The van der Waals surface area contributed by atoms with Gasteiger partial charge in [0, 0.05) is 11.4 Å². The minimum absolute atomic E-state index is 0.0812. The molecule has 32 heavy (non-hydrogen) atoms. The predicted octanol–water partition coefficient (Wildman–Crippen LogP) is 5.12. The Bertz CT molecular complexity index is 1080. The summed E-state index contributed by atoms with van der Waals surface area (Å²) >= 11 is 0. The van der Waals surface area contributed by atoms with Crippen LogP contribution in [0.25, 0.3) is 0 Å². The van der Waals surface area contributed by atoms with E-state index in [1.54, 1.807) is 11.9 Å². The molecule has 2 N–H and O–H groups in total. The number of likely N-dealkylation sites (N-methyl/N-ethyl adjacent to an activating group) is 1. The molecule has 0 spiro atoms. The SMILES string of the molecule is CCc1ccccc1NC(=O)CN(C)[C@@H](C(=O)Nc1cc(C)ccc1C)c1ccccc1. The molecule has 3 aromatic carbocycles. The van der Waals surface area contributed by atoms with Crippen molar-refractivity contribution in [1.29, 1.82) is 0 Å². The summed E-state index contributed by atoms with van der Waals surface area (Å²) < 4.78 is 0. The second-order valence-electron chi connectivity index (χ2n) is 8.09. The van der Waals surface area contributed by atoms with E-state index in [0.29, 0.717) is 0 Å². The van der Waals surface area contributed by atoms with E-state index in [2.05, 4.69) is 17.6 Å². The lowest BCUT2D eigenvalue weighted by Gasteiger charge is -2.27. The van der Waals surface area contributed by atoms with Gasteiger partial charge < -0.3 is 10.6 Å². The van der Waals surface area contributed by atoms with E-state index in [0.717, 1.165) is 40.0 Å². The van der Waals surface area contributed by atoms with Crippen LogP contribution in [-0.2, 0) is 16.0 Å². The van der Waals surface area contributed by atoms with Crippen LogP contribution in [-0.4, -0.2) is 30.3 Å². The topological polar surface area (TPSA) is 61.4 Å². The highest BCUT2D eigenvalue weighted by molar-refractivity contribution is 5.97. The van der Waals surface area contributed by atoms with Crippen LogP contribution in [0.2, 0.25) is 0 Å². The Kier molecular flexibility index (Phi) is 7.79. The van der Waals surface area contributed by atoms with E-state index in [1.165, 1.54) is 0 Å². The molecule has 0 saturated carbocycles. The van der Waals surface area contributed by atoms with Crippen molar-refractivity contribution in [1.82, 2.24) is 4.90 Å². The van der Waals surface area contributed by atoms with Gasteiger partial charge in [0.1, 0.15) is 6.04 Å². The van der Waals surface area contributed by atoms with Crippen LogP contribution in [0.3, 0.4) is 0 Å². The van der Waals surface area contributed by atoms with E-state index in [9.17, 15) is 9.59 Å². The molecule has 5 nitrogen and oxygen atoms in total. The van der Waals surface area contributed by atoms with Crippen LogP contribution in [0.4, 0.5) is 11.4 Å². The number of carbonyl (C=O) groups is 2. The summed E-state index contributed by atoms with van der Waals surface area (Å²) in [5.74, 6) is -0.331. The number of aryl methyl sites for hydroxylation is 3. The minimum atomic E-state index is -0.608. The van der Waals surface area contributed by atoms with Gasteiger partial charge in [-0.2, -0.15) is 0 Å². The molecule has 0 saturated heterocycles. The number of para-hydroxylation sites is 1. The number of benzene rings is 3. The Hall–Kier alpha value is -3.44. The van der Waals surface area contributed by atoms with E-state index in [4.69, 9.17) is 0 Å². The van der Waals surface area contributed by atoms with E-state index in [1.807, 2.05) is 86.6 Å². The van der Waals surface area contributed by atoms with Gasteiger partial charge in [0.25, 0.3) is 0 Å². The van der Waals surface area contributed by atoms with Crippen LogP contribution in [0.15, 0.2) is 72.8 Å². The molecule has 0 fully saturated rings. The van der Waals surface area contributed by atoms with Gasteiger partial charge >= 0.3 is 0 Å². The molecule has 0 radical (unpaired) electrons. The summed E-state index contributed by atoms with van der Waals surface area (Å²) in [5, 5.41) is 6.05. The van der Waals surface area contributed by atoms with Crippen molar-refractivity contribution in [2.75, 3.05) is 24.2 Å². The molecule has 1 atom stereocenters. The highest BCUT2D eigenvalue weighted by Crippen LogP contribution is 2.24. The Labute approximate surface area is 190 Å². The summed E-state index contributed by atoms with van der Waals surface area (Å²) in [6, 6.07) is 22.7. The van der Waals surface area contributed by atoms with Crippen LogP contribution in [0.1, 0.15) is 35.2 Å². The van der Waals surface area contributed by atoms with Gasteiger partial charge in [0.2, 0.25) is 11.8 Å². The minimum Gasteiger partial charge on any atom is -0.325 e. The van der Waals surface area contributed by atoms with E-state index >= 15 is 0 Å². The Balaban J connectivity index is 1.80. The smallest absolute Gasteiger partial charge is 0.246 e. The van der Waals surface area contributed by atoms with Crippen molar-refractivity contribution in [2.45, 2.75) is 33.2 Å². The monoisotopic (exact) mass is 429 g/mol. The first-order valence-corrected chi connectivity index (χ1v) is 10.9. The molecule has 0 bridgehead atoms. The van der Waals surface area contributed by atoms with Gasteiger partial charge in [-0.1, -0.05) is 67.6 Å². The Morgan fingerprint density at radius 2 is 1.56 bits per heavy atom. The van der Waals surface area contributed by atoms with Crippen LogP contribution < -0.4 is 10.6 Å². The average molecular weight is 430 g/mol. The van der Waals surface area contributed by atoms with E-state index in [-0.39, 0.29) is 18.4 Å². The molecule has 0 unspecified atom stereocenters. The number of nitrogens with zero attached hydrogens (tertiary/aromatic N) is 1. The van der Waals surface area contributed by atoms with Crippen molar-refractivity contribution >= 4 is 23.2 Å². The zero-order valence-corrected chi connectivity index (χ0v) is 19.2. The standard InChI is InChI=1S/C27H31N3O2/c1-5-21-11-9-10-14-23(21)28-25(31)18-30(4)26(22-12-7-6-8-13-22)27(32)29-24-17-19(2)15-16-20(24)3/h6-17,26H,5,18H2,1-4H3,(H,28,31)(H,29,32)/t26-/m1/s1. The number of carbonyl (C=O) groups excluding carboxylic acids is 2. The molecule has 0 aliphatic rings. The summed E-state index contributed by atoms with van der Waals surface area (Å²) in [5.41, 5.74) is 5.57. The fraction of sp³-hybridized carbons (Fsp3) is 0.259. The van der Waals surface area contributed by atoms with E-state index < -0.39 is 6.04 Å². The third-order valence-electron chi connectivity index (χ3n) is 5.52. The molecule has 0 aliphatic heterocycles. The lowest BCUT2D eigenvalue weighted by Crippen LogP contribution is -2.39. The van der Waals surface area contributed by atoms with Crippen LogP contribution in [0.5, 0.6) is 0 Å². The van der Waals surface area contributed by atoms with Gasteiger partial charge in [0.05, 0.1) is 6.54 Å². The molecule has 0 heterocycles. The second-order valence-corrected chi connectivity index (χ2v) is 8.09. The molecule has 166 valence electrons. The molecular weight excluding hydrogens is 398 g/mol. The first-order valence-electron chi connectivity index (χ1n) is 10.9. The summed E-state index contributed by atoms with van der Waals surface area (Å²) in [6.45, 7) is 6.10. The van der Waals surface area contributed by atoms with Crippen molar-refractivity contribution in [3.05, 3.63) is 95.1 Å². The number of rotatable bonds is 8. The summed E-state index contributed by atoms with van der Waals surface area (Å²) in [7, 11) is 1.80. The third-order valence-corrected chi connectivity index (χ3v) is 5.52. The maximum atomic E-state index is 13.4. The van der Waals surface area contributed by atoms with Gasteiger partial charge in [-0.05, 0) is 61.7 Å². The third kappa shape index (κ3) is 5.83. The maximum absolute atomic E-state index is 13.4. The van der Waals surface area contributed by atoms with Crippen molar-refractivity contribution in [3.63, 3.8) is 0 Å². The zero-order valence-electron chi connectivity index (χ0n) is 19.2. The molecular formula is C27H31N3O2. The van der Waals surface area contributed by atoms with Gasteiger partial charge in [-0.15, -0.1) is 0 Å². The quantitative estimate of drug-likeness (QED) is 0.523. The zero-order chi connectivity index (χ0) is 23.1. The van der Waals surface area contributed by atoms with Gasteiger partial charge in [0.15, 0.2) is 0 Å². The summed E-state index contributed by atoms with van der Waals surface area (Å²) in [6.07, 6.45) is 0.831. The van der Waals surface area contributed by atoms with Crippen molar-refractivity contribution in [3.8, 4) is 0 Å². The molecule has 3 rings (SSSR count). The van der Waals surface area contributed by atoms with Crippen LogP contribution in [0, 0.1) is 13.8 Å².